The molecule has 25 heavy (non-hydrogen) atoms. The van der Waals surface area contributed by atoms with Crippen LogP contribution in [0.1, 0.15) is 11.5 Å². The van der Waals surface area contributed by atoms with Crippen LogP contribution in [0.4, 0.5) is 0 Å². The first kappa shape index (κ1) is 15.5. The van der Waals surface area contributed by atoms with Gasteiger partial charge in [-0.25, -0.2) is 24.1 Å². The van der Waals surface area contributed by atoms with Gasteiger partial charge in [0.05, 0.1) is 17.8 Å². The van der Waals surface area contributed by atoms with Crippen LogP contribution < -0.4 is 4.74 Å². The summed E-state index contributed by atoms with van der Waals surface area (Å²) in [6, 6.07) is 5.41. The van der Waals surface area contributed by atoms with E-state index in [1.165, 1.54) is 6.33 Å². The first-order chi connectivity index (χ1) is 12.1. The molecule has 0 unspecified atom stereocenters. The van der Waals surface area contributed by atoms with Gasteiger partial charge in [0.25, 0.3) is 0 Å². The Kier molecular flexibility index (Phi) is 3.61. The molecule has 0 amide bonds. The van der Waals surface area contributed by atoms with Crippen molar-refractivity contribution in [2.24, 2.45) is 0 Å². The average Bonchev–Trinajstić information content (AvgIpc) is 3.23. The molecule has 0 saturated heterocycles. The quantitative estimate of drug-likeness (QED) is 0.562. The third-order valence-corrected chi connectivity index (χ3v) is 4.15. The Bertz CT molecular complexity index is 1070. The van der Waals surface area contributed by atoms with E-state index >= 15 is 0 Å². The van der Waals surface area contributed by atoms with Gasteiger partial charge in [0.2, 0.25) is 0 Å². The van der Waals surface area contributed by atoms with E-state index < -0.39 is 0 Å². The van der Waals surface area contributed by atoms with E-state index in [0.29, 0.717) is 22.4 Å². The lowest BCUT2D eigenvalue weighted by Gasteiger charge is -2.09. The Hall–Kier alpha value is -3.00. The van der Waals surface area contributed by atoms with Crippen LogP contribution in [-0.4, -0.2) is 41.5 Å². The summed E-state index contributed by atoms with van der Waals surface area (Å²) in [5.41, 5.74) is 2.37. The number of hydrogen-bond donors (Lipinski definition) is 0. The summed E-state index contributed by atoms with van der Waals surface area (Å²) in [7, 11) is 1.57. The highest BCUT2D eigenvalue weighted by Crippen LogP contribution is 2.29. The molecule has 4 rings (SSSR count). The molecular weight excluding hydrogens is 342 g/mol. The predicted octanol–water partition coefficient (Wildman–Crippen LogP) is 2.65. The fourth-order valence-corrected chi connectivity index (χ4v) is 2.97. The van der Waals surface area contributed by atoms with Crippen molar-refractivity contribution >= 4 is 17.1 Å². The van der Waals surface area contributed by atoms with Crippen LogP contribution >= 0.6 is 11.6 Å². The smallest absolute Gasteiger partial charge is 0.185 e. The third-order valence-electron chi connectivity index (χ3n) is 3.85. The number of hydrogen-bond acceptors (Lipinski definition) is 6. The number of aryl methyl sites for hydroxylation is 2. The Morgan fingerprint density at radius 1 is 1.16 bits per heavy atom. The standard InChI is InChI=1S/C16H14ClN7O/c1-9-14-16(23-8-18-7-19-23)21-15(22-24(14)10(2)20-9)11-4-5-13(25-3)12(17)6-11/h4-8H,1-3H3. The molecule has 4 aromatic rings. The molecule has 0 atom stereocenters. The number of fused-ring (bicyclic) bond motifs is 1. The molecular formula is C16H14ClN7O. The van der Waals surface area contributed by atoms with E-state index in [0.717, 1.165) is 22.6 Å². The first-order valence-electron chi connectivity index (χ1n) is 7.51. The molecule has 126 valence electrons. The van der Waals surface area contributed by atoms with Crippen molar-refractivity contribution < 1.29 is 4.74 Å². The van der Waals surface area contributed by atoms with Crippen molar-refractivity contribution in [3.63, 3.8) is 0 Å². The maximum absolute atomic E-state index is 6.25. The van der Waals surface area contributed by atoms with Crippen LogP contribution in [0.5, 0.6) is 5.75 Å². The summed E-state index contributed by atoms with van der Waals surface area (Å²) in [6.45, 7) is 3.80. The molecule has 3 heterocycles. The predicted molar refractivity (Wildman–Crippen MR) is 92.2 cm³/mol. The molecule has 0 aliphatic heterocycles. The molecule has 0 spiro atoms. The summed E-state index contributed by atoms with van der Waals surface area (Å²) in [5.74, 6) is 2.46. The van der Waals surface area contributed by atoms with Crippen LogP contribution in [0, 0.1) is 13.8 Å². The van der Waals surface area contributed by atoms with Crippen molar-refractivity contribution in [2.75, 3.05) is 7.11 Å². The Labute approximate surface area is 148 Å². The van der Waals surface area contributed by atoms with Gasteiger partial charge in [0.15, 0.2) is 11.6 Å². The SMILES string of the molecule is COc1ccc(-c2nc(-n3cncn3)c3c(C)nc(C)n3n2)cc1Cl. The van der Waals surface area contributed by atoms with E-state index in [1.54, 1.807) is 34.8 Å². The van der Waals surface area contributed by atoms with Crippen molar-refractivity contribution in [1.29, 1.82) is 0 Å². The van der Waals surface area contributed by atoms with Gasteiger partial charge in [0, 0.05) is 5.56 Å². The minimum atomic E-state index is 0.490. The lowest BCUT2D eigenvalue weighted by atomic mass is 10.2. The molecule has 8 nitrogen and oxygen atoms in total. The zero-order valence-corrected chi connectivity index (χ0v) is 14.6. The van der Waals surface area contributed by atoms with Gasteiger partial charge < -0.3 is 4.74 Å². The first-order valence-corrected chi connectivity index (χ1v) is 7.89. The molecule has 0 saturated carbocycles. The largest absolute Gasteiger partial charge is 0.495 e. The highest BCUT2D eigenvalue weighted by Gasteiger charge is 2.17. The fourth-order valence-electron chi connectivity index (χ4n) is 2.71. The normalized spacial score (nSPS) is 11.2. The molecule has 0 N–H and O–H groups in total. The van der Waals surface area contributed by atoms with Gasteiger partial charge in [-0.05, 0) is 32.0 Å². The molecule has 0 bridgehead atoms. The molecule has 0 radical (unpaired) electrons. The second kappa shape index (κ2) is 5.82. The van der Waals surface area contributed by atoms with Crippen molar-refractivity contribution in [3.05, 3.63) is 47.4 Å². The second-order valence-electron chi connectivity index (χ2n) is 5.45. The molecule has 0 aliphatic rings. The maximum atomic E-state index is 6.25. The van der Waals surface area contributed by atoms with Gasteiger partial charge in [-0.15, -0.1) is 5.10 Å². The highest BCUT2D eigenvalue weighted by molar-refractivity contribution is 6.32. The lowest BCUT2D eigenvalue weighted by molar-refractivity contribution is 0.415. The van der Waals surface area contributed by atoms with E-state index in [4.69, 9.17) is 16.3 Å². The molecule has 3 aromatic heterocycles. The van der Waals surface area contributed by atoms with Gasteiger partial charge in [-0.3, -0.25) is 0 Å². The van der Waals surface area contributed by atoms with Crippen molar-refractivity contribution in [2.45, 2.75) is 13.8 Å². The van der Waals surface area contributed by atoms with Crippen molar-refractivity contribution in [1.82, 2.24) is 34.3 Å². The lowest BCUT2D eigenvalue weighted by Crippen LogP contribution is -2.08. The number of aromatic nitrogens is 7. The minimum Gasteiger partial charge on any atom is -0.495 e. The third kappa shape index (κ3) is 2.51. The van der Waals surface area contributed by atoms with Crippen LogP contribution in [-0.2, 0) is 0 Å². The summed E-state index contributed by atoms with van der Waals surface area (Å²) in [5, 5.41) is 9.30. The van der Waals surface area contributed by atoms with Gasteiger partial charge in [0.1, 0.15) is 29.7 Å². The number of halogens is 1. The number of imidazole rings is 1. The summed E-state index contributed by atoms with van der Waals surface area (Å²) < 4.78 is 8.55. The Morgan fingerprint density at radius 3 is 2.68 bits per heavy atom. The maximum Gasteiger partial charge on any atom is 0.185 e. The Morgan fingerprint density at radius 2 is 2.00 bits per heavy atom. The number of nitrogens with zero attached hydrogens (tertiary/aromatic N) is 7. The zero-order valence-electron chi connectivity index (χ0n) is 13.8. The number of methoxy groups -OCH3 is 1. The topological polar surface area (TPSA) is 83.0 Å². The monoisotopic (exact) mass is 355 g/mol. The summed E-state index contributed by atoms with van der Waals surface area (Å²) in [6.07, 6.45) is 3.05. The van der Waals surface area contributed by atoms with Gasteiger partial charge >= 0.3 is 0 Å². The Balaban J connectivity index is 2.00. The fraction of sp³-hybridized carbons (Fsp3) is 0.188. The van der Waals surface area contributed by atoms with E-state index in [1.807, 2.05) is 19.9 Å². The van der Waals surface area contributed by atoms with Crippen LogP contribution in [0.2, 0.25) is 5.02 Å². The van der Waals surface area contributed by atoms with Crippen molar-refractivity contribution in [3.8, 4) is 23.0 Å². The van der Waals surface area contributed by atoms with E-state index in [2.05, 4.69) is 25.1 Å². The minimum absolute atomic E-state index is 0.490. The second-order valence-corrected chi connectivity index (χ2v) is 5.86. The number of rotatable bonds is 3. The zero-order chi connectivity index (χ0) is 17.6. The molecule has 0 aliphatic carbocycles. The van der Waals surface area contributed by atoms with Crippen LogP contribution in [0.3, 0.4) is 0 Å². The number of benzene rings is 1. The van der Waals surface area contributed by atoms with E-state index in [9.17, 15) is 0 Å². The van der Waals surface area contributed by atoms with Crippen LogP contribution in [0.15, 0.2) is 30.9 Å². The van der Waals surface area contributed by atoms with Crippen LogP contribution in [0.25, 0.3) is 22.7 Å². The molecule has 0 fully saturated rings. The average molecular weight is 356 g/mol. The summed E-state index contributed by atoms with van der Waals surface area (Å²) in [4.78, 5) is 13.2. The molecule has 9 heteroatoms. The van der Waals surface area contributed by atoms with Gasteiger partial charge in [-0.1, -0.05) is 11.6 Å². The van der Waals surface area contributed by atoms with Gasteiger partial charge in [-0.2, -0.15) is 5.10 Å². The highest BCUT2D eigenvalue weighted by atomic mass is 35.5. The van der Waals surface area contributed by atoms with E-state index in [-0.39, 0.29) is 0 Å². The number of ether oxygens (including phenoxy) is 1. The molecule has 1 aromatic carbocycles. The summed E-state index contributed by atoms with van der Waals surface area (Å²) >= 11 is 6.25.